The summed E-state index contributed by atoms with van der Waals surface area (Å²) >= 11 is 1.40. The predicted molar refractivity (Wildman–Crippen MR) is 125 cm³/mol. The van der Waals surface area contributed by atoms with Crippen molar-refractivity contribution >= 4 is 34.9 Å². The molecule has 2 aliphatic heterocycles. The number of nitrogens with zero attached hydrogens (tertiary/aromatic N) is 5. The highest BCUT2D eigenvalue weighted by molar-refractivity contribution is 7.96. The Labute approximate surface area is 201 Å². The fraction of sp³-hybridized carbons (Fsp3) is 0.304. The normalized spacial score (nSPS) is 16.0. The van der Waals surface area contributed by atoms with Crippen LogP contribution in [0.25, 0.3) is 0 Å². The van der Waals surface area contributed by atoms with Gasteiger partial charge in [0.2, 0.25) is 0 Å². The van der Waals surface area contributed by atoms with E-state index in [1.54, 1.807) is 36.4 Å². The highest BCUT2D eigenvalue weighted by Crippen LogP contribution is 2.24. The molecule has 2 aliphatic rings. The molecule has 0 amide bonds. The number of rotatable bonds is 8. The lowest BCUT2D eigenvalue weighted by atomic mass is 10.0. The Bertz CT molecular complexity index is 1220. The van der Waals surface area contributed by atoms with Crippen LogP contribution in [-0.4, -0.2) is 52.7 Å². The van der Waals surface area contributed by atoms with Crippen molar-refractivity contribution in [2.45, 2.75) is 32.1 Å². The van der Waals surface area contributed by atoms with Crippen molar-refractivity contribution in [1.82, 2.24) is 4.31 Å². The van der Waals surface area contributed by atoms with Gasteiger partial charge in [0, 0.05) is 36.2 Å². The van der Waals surface area contributed by atoms with Gasteiger partial charge in [-0.1, -0.05) is 48.3 Å². The molecule has 12 heteroatoms. The maximum atomic E-state index is 14.8. The van der Waals surface area contributed by atoms with Gasteiger partial charge in [-0.15, -0.1) is 0 Å². The summed E-state index contributed by atoms with van der Waals surface area (Å²) < 4.78 is 80.5. The summed E-state index contributed by atoms with van der Waals surface area (Å²) in [4.78, 5) is 7.44. The molecule has 184 valence electrons. The van der Waals surface area contributed by atoms with E-state index >= 15 is 0 Å². The quantitative estimate of drug-likeness (QED) is 0.338. The summed E-state index contributed by atoms with van der Waals surface area (Å²) in [6, 6.07) is 11.3. The van der Waals surface area contributed by atoms with Gasteiger partial charge >= 0.3 is 6.18 Å². The van der Waals surface area contributed by atoms with Crippen LogP contribution in [0.5, 0.6) is 0 Å². The van der Waals surface area contributed by atoms with E-state index in [0.29, 0.717) is 28.9 Å². The fourth-order valence-electron chi connectivity index (χ4n) is 3.50. The lowest BCUT2D eigenvalue weighted by Gasteiger charge is -2.20. The Kier molecular flexibility index (Phi) is 7.41. The zero-order valence-corrected chi connectivity index (χ0v) is 19.2. The maximum absolute atomic E-state index is 14.8. The molecule has 0 saturated carbocycles. The average Bonchev–Trinajstić information content (AvgIpc) is 3.51. The third kappa shape index (κ3) is 5.99. The van der Waals surface area contributed by atoms with E-state index in [0.717, 1.165) is 5.56 Å². The molecule has 2 aromatic rings. The number of hydrogen-bond donors (Lipinski definition) is 0. The number of amidine groups is 1. The van der Waals surface area contributed by atoms with E-state index in [1.165, 1.54) is 18.0 Å². The van der Waals surface area contributed by atoms with Gasteiger partial charge in [0.05, 0.1) is 12.3 Å². The highest BCUT2D eigenvalue weighted by Gasteiger charge is 2.37. The highest BCUT2D eigenvalue weighted by atomic mass is 32.2. The van der Waals surface area contributed by atoms with Crippen molar-refractivity contribution in [1.29, 1.82) is 0 Å². The molecule has 5 nitrogen and oxygen atoms in total. The second-order valence-corrected chi connectivity index (χ2v) is 8.68. The molecule has 0 atom stereocenters. The van der Waals surface area contributed by atoms with Gasteiger partial charge in [-0.3, -0.25) is 4.99 Å². The van der Waals surface area contributed by atoms with Crippen molar-refractivity contribution in [2.24, 2.45) is 20.2 Å². The van der Waals surface area contributed by atoms with Gasteiger partial charge in [-0.2, -0.15) is 23.4 Å². The third-order valence-electron chi connectivity index (χ3n) is 5.41. The zero-order valence-electron chi connectivity index (χ0n) is 18.4. The minimum atomic E-state index is -4.50. The number of hydrogen-bond acceptors (Lipinski definition) is 6. The summed E-state index contributed by atoms with van der Waals surface area (Å²) in [6.45, 7) is 0.232. The van der Waals surface area contributed by atoms with Crippen LogP contribution in [0.15, 0.2) is 62.7 Å². The maximum Gasteiger partial charge on any atom is 0.431 e. The van der Waals surface area contributed by atoms with Crippen molar-refractivity contribution in [3.05, 3.63) is 70.5 Å². The molecular weight excluding hydrogens is 492 g/mol. The molecular formula is C23H19F6N5S. The standard InChI is InChI=1S/C23H19F6N5S/c1-35-34(11-13-2-4-14(5-3-13)22-30-10-20(31-22)23(27,28)29)12-16-7-6-15(8-17(16)24)18-9-19(21(25)26)33-32-18/h2-8,21H,9-12H2,1H3. The van der Waals surface area contributed by atoms with Crippen LogP contribution in [0.3, 0.4) is 0 Å². The molecule has 0 aliphatic carbocycles. The largest absolute Gasteiger partial charge is 0.431 e. The number of alkyl halides is 5. The Hall–Kier alpha value is -2.99. The fourth-order valence-corrected chi connectivity index (χ4v) is 4.04. The van der Waals surface area contributed by atoms with Crippen molar-refractivity contribution in [3.8, 4) is 0 Å². The SMILES string of the molecule is CSN(Cc1ccc(C2=NCC(C(F)(F)F)=N2)cc1)Cc1ccc(C2=NN=C(C(F)F)C2)cc1F. The second-order valence-electron chi connectivity index (χ2n) is 7.80. The van der Waals surface area contributed by atoms with E-state index in [1.807, 2.05) is 10.6 Å². The van der Waals surface area contributed by atoms with Crippen LogP contribution in [-0.2, 0) is 13.1 Å². The molecule has 0 radical (unpaired) electrons. The Morgan fingerprint density at radius 3 is 2.29 bits per heavy atom. The van der Waals surface area contributed by atoms with Gasteiger partial charge in [0.1, 0.15) is 17.2 Å². The molecule has 0 fully saturated rings. The van der Waals surface area contributed by atoms with E-state index in [-0.39, 0.29) is 24.5 Å². The monoisotopic (exact) mass is 511 g/mol. The number of aliphatic imine (C=N–C) groups is 2. The second kappa shape index (κ2) is 10.3. The van der Waals surface area contributed by atoms with Gasteiger partial charge in [0.25, 0.3) is 6.43 Å². The summed E-state index contributed by atoms with van der Waals surface area (Å²) in [5.41, 5.74) is 1.23. The van der Waals surface area contributed by atoms with Crippen molar-refractivity contribution in [3.63, 3.8) is 0 Å². The first-order chi connectivity index (χ1) is 16.6. The van der Waals surface area contributed by atoms with E-state index in [2.05, 4.69) is 20.2 Å². The molecule has 0 saturated heterocycles. The molecule has 4 rings (SSSR count). The van der Waals surface area contributed by atoms with E-state index in [4.69, 9.17) is 0 Å². The molecule has 0 unspecified atom stereocenters. The number of benzene rings is 2. The third-order valence-corrected chi connectivity index (χ3v) is 6.18. The molecule has 2 aromatic carbocycles. The Morgan fingerprint density at radius 2 is 1.71 bits per heavy atom. The van der Waals surface area contributed by atoms with Crippen LogP contribution in [0.2, 0.25) is 0 Å². The van der Waals surface area contributed by atoms with Crippen molar-refractivity contribution in [2.75, 3.05) is 12.8 Å². The molecule has 0 N–H and O–H groups in total. The first-order valence-electron chi connectivity index (χ1n) is 10.4. The predicted octanol–water partition coefficient (Wildman–Crippen LogP) is 5.68. The van der Waals surface area contributed by atoms with Gasteiger partial charge in [-0.25, -0.2) is 22.5 Å². The first kappa shape index (κ1) is 25.1. The first-order valence-corrected chi connectivity index (χ1v) is 11.6. The molecule has 0 bridgehead atoms. The van der Waals surface area contributed by atoms with Crippen LogP contribution in [0, 0.1) is 5.82 Å². The molecule has 35 heavy (non-hydrogen) atoms. The summed E-state index contributed by atoms with van der Waals surface area (Å²) in [5, 5.41) is 7.19. The van der Waals surface area contributed by atoms with Gasteiger partial charge in [-0.05, 0) is 17.9 Å². The summed E-state index contributed by atoms with van der Waals surface area (Å²) in [7, 11) is 0. The van der Waals surface area contributed by atoms with Crippen molar-refractivity contribution < 1.29 is 26.3 Å². The lowest BCUT2D eigenvalue weighted by Crippen LogP contribution is -2.23. The number of halogens is 6. The van der Waals surface area contributed by atoms with Crippen LogP contribution < -0.4 is 0 Å². The van der Waals surface area contributed by atoms with Crippen LogP contribution in [0.4, 0.5) is 26.3 Å². The average molecular weight is 511 g/mol. The summed E-state index contributed by atoms with van der Waals surface area (Å²) in [6.07, 6.45) is -5.46. The van der Waals surface area contributed by atoms with Crippen LogP contribution >= 0.6 is 11.9 Å². The van der Waals surface area contributed by atoms with Gasteiger partial charge < -0.3 is 0 Å². The minimum Gasteiger partial charge on any atom is -0.260 e. The smallest absolute Gasteiger partial charge is 0.260 e. The summed E-state index contributed by atoms with van der Waals surface area (Å²) in [5.74, 6) is -0.437. The van der Waals surface area contributed by atoms with Crippen LogP contribution in [0.1, 0.15) is 28.7 Å². The Balaban J connectivity index is 1.38. The molecule has 2 heterocycles. The lowest BCUT2D eigenvalue weighted by molar-refractivity contribution is -0.0592. The zero-order chi connectivity index (χ0) is 25.2. The Morgan fingerprint density at radius 1 is 1.00 bits per heavy atom. The topological polar surface area (TPSA) is 52.7 Å². The van der Waals surface area contributed by atoms with E-state index < -0.39 is 30.7 Å². The molecule has 0 aromatic heterocycles. The minimum absolute atomic E-state index is 0.0469. The van der Waals surface area contributed by atoms with Gasteiger partial charge in [0.15, 0.2) is 5.84 Å². The van der Waals surface area contributed by atoms with E-state index in [9.17, 15) is 26.3 Å². The molecule has 0 spiro atoms.